The van der Waals surface area contributed by atoms with Gasteiger partial charge in [-0.3, -0.25) is 10.1 Å². The van der Waals surface area contributed by atoms with E-state index in [1.165, 1.54) is 12.1 Å². The SMILES string of the molecule is B.C=CCc1cc([N+](=O)[O-])ccc1OCC1(O)CN2CCC1CC2. The van der Waals surface area contributed by atoms with Gasteiger partial charge in [0.15, 0.2) is 0 Å². The Morgan fingerprint density at radius 3 is 2.71 bits per heavy atom. The van der Waals surface area contributed by atoms with Crippen LogP contribution in [0.5, 0.6) is 5.75 Å². The summed E-state index contributed by atoms with van der Waals surface area (Å²) in [6, 6.07) is 4.56. The maximum atomic E-state index is 10.9. The fraction of sp³-hybridized carbons (Fsp3) is 0.529. The molecule has 2 bridgehead atoms. The summed E-state index contributed by atoms with van der Waals surface area (Å²) in [7, 11) is 0. The molecule has 6 nitrogen and oxygen atoms in total. The van der Waals surface area contributed by atoms with Crippen LogP contribution in [0.2, 0.25) is 0 Å². The number of fused-ring (bicyclic) bond motifs is 3. The smallest absolute Gasteiger partial charge is 0.269 e. The lowest BCUT2D eigenvalue weighted by atomic mass is 9.76. The zero-order valence-corrected chi connectivity index (χ0v) is 13.1. The normalized spacial score (nSPS) is 28.0. The molecule has 1 aromatic rings. The average molecular weight is 332 g/mol. The van der Waals surface area contributed by atoms with Crippen molar-refractivity contribution in [2.45, 2.75) is 24.9 Å². The van der Waals surface area contributed by atoms with Crippen molar-refractivity contribution in [3.05, 3.63) is 46.5 Å². The summed E-state index contributed by atoms with van der Waals surface area (Å²) in [6.07, 6.45) is 4.18. The van der Waals surface area contributed by atoms with Crippen molar-refractivity contribution in [3.8, 4) is 5.75 Å². The average Bonchev–Trinajstić information content (AvgIpc) is 2.54. The first kappa shape index (κ1) is 18.5. The van der Waals surface area contributed by atoms with Gasteiger partial charge in [-0.2, -0.15) is 0 Å². The maximum Gasteiger partial charge on any atom is 0.269 e. The molecule has 0 spiro atoms. The second kappa shape index (κ2) is 7.36. The summed E-state index contributed by atoms with van der Waals surface area (Å²) >= 11 is 0. The molecule has 7 heteroatoms. The van der Waals surface area contributed by atoms with E-state index in [-0.39, 0.29) is 26.6 Å². The van der Waals surface area contributed by atoms with E-state index in [1.54, 1.807) is 12.1 Å². The lowest BCUT2D eigenvalue weighted by Crippen LogP contribution is -2.61. The standard InChI is InChI=1S/C17H22N2O4.BH3/c1-2-3-13-10-15(19(21)22)4-5-16(13)23-12-17(20)11-18-8-6-14(17)7-9-18;/h2,4-5,10,14,20H,1,3,6-9,11-12H2;1H3. The predicted molar refractivity (Wildman–Crippen MR) is 96.5 cm³/mol. The van der Waals surface area contributed by atoms with Crippen LogP contribution in [0, 0.1) is 16.0 Å². The van der Waals surface area contributed by atoms with Gasteiger partial charge in [0.05, 0.1) is 13.3 Å². The molecule has 0 aromatic heterocycles. The van der Waals surface area contributed by atoms with Crippen LogP contribution in [0.1, 0.15) is 18.4 Å². The number of ether oxygens (including phenoxy) is 1. The molecule has 0 saturated carbocycles. The molecule has 1 atom stereocenters. The Morgan fingerprint density at radius 2 is 2.17 bits per heavy atom. The third kappa shape index (κ3) is 3.62. The van der Waals surface area contributed by atoms with Crippen molar-refractivity contribution in [1.29, 1.82) is 0 Å². The molecular formula is C17H25BN2O4. The highest BCUT2D eigenvalue weighted by Crippen LogP contribution is 2.36. The molecule has 4 rings (SSSR count). The van der Waals surface area contributed by atoms with Gasteiger partial charge in [0.25, 0.3) is 5.69 Å². The second-order valence-corrected chi connectivity index (χ2v) is 6.48. The Morgan fingerprint density at radius 1 is 1.46 bits per heavy atom. The van der Waals surface area contributed by atoms with Crippen LogP contribution in [-0.2, 0) is 6.42 Å². The summed E-state index contributed by atoms with van der Waals surface area (Å²) in [5.74, 6) is 0.855. The van der Waals surface area contributed by atoms with Gasteiger partial charge < -0.3 is 14.7 Å². The molecule has 3 aliphatic heterocycles. The molecule has 3 heterocycles. The minimum atomic E-state index is -0.830. The monoisotopic (exact) mass is 332 g/mol. The number of nitrogens with zero attached hydrogens (tertiary/aromatic N) is 2. The number of aliphatic hydroxyl groups is 1. The zero-order valence-electron chi connectivity index (χ0n) is 13.1. The molecule has 0 amide bonds. The van der Waals surface area contributed by atoms with Crippen LogP contribution in [0.25, 0.3) is 0 Å². The van der Waals surface area contributed by atoms with Crippen LogP contribution in [0.3, 0.4) is 0 Å². The van der Waals surface area contributed by atoms with E-state index >= 15 is 0 Å². The van der Waals surface area contributed by atoms with E-state index in [4.69, 9.17) is 4.74 Å². The Hall–Kier alpha value is -1.86. The quantitative estimate of drug-likeness (QED) is 0.364. The number of non-ortho nitro benzene ring substituents is 1. The van der Waals surface area contributed by atoms with E-state index in [9.17, 15) is 15.2 Å². The van der Waals surface area contributed by atoms with Gasteiger partial charge >= 0.3 is 0 Å². The third-order valence-electron chi connectivity index (χ3n) is 4.94. The molecule has 3 saturated heterocycles. The van der Waals surface area contributed by atoms with Gasteiger partial charge in [-0.1, -0.05) is 6.08 Å². The number of rotatable bonds is 6. The van der Waals surface area contributed by atoms with Crippen LogP contribution < -0.4 is 4.74 Å². The zero-order chi connectivity index (χ0) is 16.4. The summed E-state index contributed by atoms with van der Waals surface area (Å²) < 4.78 is 5.87. The first-order chi connectivity index (χ1) is 11.0. The van der Waals surface area contributed by atoms with E-state index < -0.39 is 10.5 Å². The summed E-state index contributed by atoms with van der Waals surface area (Å²) in [4.78, 5) is 12.8. The topological polar surface area (TPSA) is 75.8 Å². The van der Waals surface area contributed by atoms with Crippen molar-refractivity contribution in [2.75, 3.05) is 26.2 Å². The number of nitro benzene ring substituents is 1. The second-order valence-electron chi connectivity index (χ2n) is 6.48. The van der Waals surface area contributed by atoms with Gasteiger partial charge in [-0.25, -0.2) is 0 Å². The molecule has 24 heavy (non-hydrogen) atoms. The minimum absolute atomic E-state index is 0. The van der Waals surface area contributed by atoms with Gasteiger partial charge in [0, 0.05) is 24.2 Å². The highest BCUT2D eigenvalue weighted by Gasteiger charge is 2.46. The number of nitro groups is 1. The third-order valence-corrected chi connectivity index (χ3v) is 4.94. The molecule has 1 unspecified atom stereocenters. The highest BCUT2D eigenvalue weighted by molar-refractivity contribution is 5.75. The molecular weight excluding hydrogens is 307 g/mol. The number of hydrogen-bond acceptors (Lipinski definition) is 5. The molecule has 0 aliphatic carbocycles. The number of benzene rings is 1. The fourth-order valence-electron chi connectivity index (χ4n) is 3.65. The van der Waals surface area contributed by atoms with Crippen LogP contribution in [0.15, 0.2) is 30.9 Å². The highest BCUT2D eigenvalue weighted by atomic mass is 16.6. The molecule has 130 valence electrons. The van der Waals surface area contributed by atoms with Gasteiger partial charge in [0.1, 0.15) is 18.0 Å². The molecule has 1 N–H and O–H groups in total. The number of allylic oxidation sites excluding steroid dienone is 1. The van der Waals surface area contributed by atoms with E-state index in [0.29, 0.717) is 18.7 Å². The lowest BCUT2D eigenvalue weighted by Gasteiger charge is -2.50. The van der Waals surface area contributed by atoms with E-state index in [2.05, 4.69) is 11.5 Å². The summed E-state index contributed by atoms with van der Waals surface area (Å²) in [6.45, 7) is 6.64. The summed E-state index contributed by atoms with van der Waals surface area (Å²) in [5.41, 5.74) is -0.0705. The van der Waals surface area contributed by atoms with E-state index in [0.717, 1.165) is 31.5 Å². The fourth-order valence-corrected chi connectivity index (χ4v) is 3.65. The van der Waals surface area contributed by atoms with Crippen LogP contribution >= 0.6 is 0 Å². The van der Waals surface area contributed by atoms with Gasteiger partial charge in [0.2, 0.25) is 0 Å². The van der Waals surface area contributed by atoms with Crippen molar-refractivity contribution < 1.29 is 14.8 Å². The van der Waals surface area contributed by atoms with Crippen LogP contribution in [-0.4, -0.2) is 55.2 Å². The van der Waals surface area contributed by atoms with Crippen molar-refractivity contribution >= 4 is 14.1 Å². The first-order valence-corrected chi connectivity index (χ1v) is 7.97. The Balaban J connectivity index is 0.00000208. The molecule has 1 aromatic carbocycles. The van der Waals surface area contributed by atoms with Crippen molar-refractivity contribution in [2.24, 2.45) is 5.92 Å². The predicted octanol–water partition coefficient (Wildman–Crippen LogP) is 0.975. The van der Waals surface area contributed by atoms with E-state index in [1.807, 2.05) is 0 Å². The summed E-state index contributed by atoms with van der Waals surface area (Å²) in [5, 5.41) is 21.8. The minimum Gasteiger partial charge on any atom is -0.490 e. The number of hydrogen-bond donors (Lipinski definition) is 1. The maximum absolute atomic E-state index is 10.9. The van der Waals surface area contributed by atoms with Crippen molar-refractivity contribution in [1.82, 2.24) is 4.90 Å². The van der Waals surface area contributed by atoms with Crippen molar-refractivity contribution in [3.63, 3.8) is 0 Å². The first-order valence-electron chi connectivity index (χ1n) is 7.97. The molecule has 0 radical (unpaired) electrons. The Bertz CT molecular complexity index is 617. The molecule has 3 aliphatic rings. The lowest BCUT2D eigenvalue weighted by molar-refractivity contribution is -0.384. The van der Waals surface area contributed by atoms with Gasteiger partial charge in [-0.15, -0.1) is 6.58 Å². The van der Waals surface area contributed by atoms with Crippen LogP contribution in [0.4, 0.5) is 5.69 Å². The van der Waals surface area contributed by atoms with Gasteiger partial charge in [-0.05, 0) is 44.3 Å². The Labute approximate surface area is 143 Å². The number of piperidine rings is 3. The largest absolute Gasteiger partial charge is 0.490 e. The Kier molecular flexibility index (Phi) is 5.67. The molecule has 3 fully saturated rings.